The number of fused-ring (bicyclic) bond motifs is 3. The van der Waals surface area contributed by atoms with Gasteiger partial charge in [0.1, 0.15) is 7.85 Å². The molecule has 9 rings (SSSR count). The van der Waals surface area contributed by atoms with Crippen molar-refractivity contribution in [2.45, 2.75) is 25.7 Å². The van der Waals surface area contributed by atoms with Crippen molar-refractivity contribution >= 4 is 73.6 Å². The van der Waals surface area contributed by atoms with Gasteiger partial charge in [0.25, 0.3) is 0 Å². The minimum atomic E-state index is 0.860. The number of benzene rings is 7. The van der Waals surface area contributed by atoms with Gasteiger partial charge < -0.3 is 0 Å². The summed E-state index contributed by atoms with van der Waals surface area (Å²) in [4.78, 5) is 0. The van der Waals surface area contributed by atoms with Gasteiger partial charge in [-0.2, -0.15) is 0 Å². The Labute approximate surface area is 240 Å². The first kappa shape index (κ1) is 23.1. The Morgan fingerprint density at radius 1 is 0.488 bits per heavy atom. The van der Waals surface area contributed by atoms with E-state index < -0.39 is 0 Å². The molecule has 2 aliphatic carbocycles. The minimum Gasteiger partial charge on any atom is -0.0812 e. The Kier molecular flexibility index (Phi) is 4.90. The third-order valence-corrected chi connectivity index (χ3v) is 9.62. The zero-order valence-corrected chi connectivity index (χ0v) is 22.9. The van der Waals surface area contributed by atoms with Gasteiger partial charge in [-0.05, 0) is 112 Å². The summed E-state index contributed by atoms with van der Waals surface area (Å²) in [6.45, 7) is 0. The highest BCUT2D eigenvalue weighted by atomic mass is 14.2. The van der Waals surface area contributed by atoms with Crippen LogP contribution in [-0.4, -0.2) is 7.85 Å². The van der Waals surface area contributed by atoms with Gasteiger partial charge in [-0.15, -0.1) is 0 Å². The number of hydrogen-bond acceptors (Lipinski definition) is 0. The van der Waals surface area contributed by atoms with E-state index in [0.29, 0.717) is 0 Å². The van der Waals surface area contributed by atoms with Crippen LogP contribution in [0.25, 0.3) is 71.4 Å². The lowest BCUT2D eigenvalue weighted by molar-refractivity contribution is 0.991. The Morgan fingerprint density at radius 2 is 1.17 bits per heavy atom. The van der Waals surface area contributed by atoms with Gasteiger partial charge in [0.2, 0.25) is 0 Å². The van der Waals surface area contributed by atoms with E-state index in [0.717, 1.165) is 41.9 Å². The third kappa shape index (κ3) is 3.24. The lowest BCUT2D eigenvalue weighted by Gasteiger charge is -2.24. The van der Waals surface area contributed by atoms with E-state index in [9.17, 15) is 0 Å². The Morgan fingerprint density at radius 3 is 1.98 bits per heavy atom. The largest absolute Gasteiger partial charge is 0.115 e. The molecule has 0 bridgehead atoms. The van der Waals surface area contributed by atoms with Crippen LogP contribution >= 0.6 is 0 Å². The molecule has 0 nitrogen and oxygen atoms in total. The second kappa shape index (κ2) is 8.69. The van der Waals surface area contributed by atoms with Crippen molar-refractivity contribution in [2.75, 3.05) is 0 Å². The minimum absolute atomic E-state index is 0.860. The van der Waals surface area contributed by atoms with Crippen molar-refractivity contribution in [3.63, 3.8) is 0 Å². The molecular formula is C40H27B. The molecule has 0 aromatic heterocycles. The van der Waals surface area contributed by atoms with Gasteiger partial charge in [-0.1, -0.05) is 121 Å². The fraction of sp³-hybridized carbons (Fsp3) is 0.100. The summed E-state index contributed by atoms with van der Waals surface area (Å²) in [5.41, 5.74) is 7.98. The lowest BCUT2D eigenvalue weighted by Crippen LogP contribution is -2.31. The Bertz CT molecular complexity index is 2370. The molecule has 41 heavy (non-hydrogen) atoms. The van der Waals surface area contributed by atoms with Crippen LogP contribution in [0.4, 0.5) is 0 Å². The normalized spacial score (nSPS) is 14.6. The van der Waals surface area contributed by atoms with Crippen molar-refractivity contribution in [1.82, 2.24) is 0 Å². The summed E-state index contributed by atoms with van der Waals surface area (Å²) in [6.07, 6.45) is 6.82. The average Bonchev–Trinajstić information content (AvgIpc) is 3.04. The molecule has 7 aromatic rings. The first-order valence-electron chi connectivity index (χ1n) is 14.8. The van der Waals surface area contributed by atoms with Crippen molar-refractivity contribution < 1.29 is 0 Å². The smallest absolute Gasteiger partial charge is 0.0812 e. The molecule has 1 heteroatoms. The maximum Gasteiger partial charge on any atom is 0.115 e. The summed E-state index contributed by atoms with van der Waals surface area (Å²) in [7, 11) is 6.76. The molecule has 0 aliphatic heterocycles. The molecule has 0 saturated heterocycles. The van der Waals surface area contributed by atoms with E-state index >= 15 is 0 Å². The van der Waals surface area contributed by atoms with Gasteiger partial charge in [0.05, 0.1) is 0 Å². The predicted octanol–water partition coefficient (Wildman–Crippen LogP) is 7.00. The SMILES string of the molecule is [B]c1c2ccccc2c(-c2ccc3ccc4c5c(ccc2c35)CCC=4C2=c3ccccc3=CCC2)c2ccccc12. The van der Waals surface area contributed by atoms with Crippen molar-refractivity contribution in [3.8, 4) is 11.1 Å². The predicted molar refractivity (Wildman–Crippen MR) is 177 cm³/mol. The fourth-order valence-corrected chi connectivity index (χ4v) is 7.83. The van der Waals surface area contributed by atoms with Gasteiger partial charge in [0.15, 0.2) is 0 Å². The molecule has 0 saturated carbocycles. The molecule has 0 spiro atoms. The summed E-state index contributed by atoms with van der Waals surface area (Å²) in [5, 5.41) is 14.4. The molecule has 7 aromatic carbocycles. The van der Waals surface area contributed by atoms with Gasteiger partial charge in [0, 0.05) is 0 Å². The highest BCUT2D eigenvalue weighted by molar-refractivity contribution is 6.47. The van der Waals surface area contributed by atoms with Gasteiger partial charge in [-0.25, -0.2) is 0 Å². The molecule has 0 heterocycles. The van der Waals surface area contributed by atoms with Crippen molar-refractivity contribution in [1.29, 1.82) is 0 Å². The zero-order valence-electron chi connectivity index (χ0n) is 22.9. The molecule has 2 aliphatic rings. The summed E-state index contributed by atoms with van der Waals surface area (Å²) < 4.78 is 0. The highest BCUT2D eigenvalue weighted by Gasteiger charge is 2.21. The Balaban J connectivity index is 1.44. The van der Waals surface area contributed by atoms with E-state index in [4.69, 9.17) is 7.85 Å². The van der Waals surface area contributed by atoms with E-state index in [1.807, 2.05) is 0 Å². The van der Waals surface area contributed by atoms with Gasteiger partial charge >= 0.3 is 0 Å². The van der Waals surface area contributed by atoms with E-state index in [-0.39, 0.29) is 0 Å². The third-order valence-electron chi connectivity index (χ3n) is 9.62. The number of rotatable bonds is 2. The molecule has 0 atom stereocenters. The van der Waals surface area contributed by atoms with Crippen molar-refractivity contribution in [2.24, 2.45) is 0 Å². The van der Waals surface area contributed by atoms with Crippen LogP contribution in [0.3, 0.4) is 0 Å². The molecule has 0 amide bonds. The summed E-state index contributed by atoms with van der Waals surface area (Å²) in [6, 6.07) is 40.4. The molecule has 190 valence electrons. The molecule has 0 N–H and O–H groups in total. The molecule has 2 radical (unpaired) electrons. The topological polar surface area (TPSA) is 0 Å². The quantitative estimate of drug-likeness (QED) is 0.171. The number of hydrogen-bond donors (Lipinski definition) is 0. The highest BCUT2D eigenvalue weighted by Crippen LogP contribution is 2.42. The van der Waals surface area contributed by atoms with Crippen LogP contribution < -0.4 is 21.1 Å². The zero-order chi connectivity index (χ0) is 27.1. The van der Waals surface area contributed by atoms with Crippen LogP contribution in [0.1, 0.15) is 24.8 Å². The van der Waals surface area contributed by atoms with Crippen LogP contribution in [0, 0.1) is 0 Å². The number of aryl methyl sites for hydroxylation is 1. The first-order valence-corrected chi connectivity index (χ1v) is 14.8. The standard InChI is InChI=1S/C40H27B/c41-40-35-13-5-3-11-30(35)39(31-12-4-6-14-36(31)40)34-23-19-26-17-21-32-29(20-16-25-18-22-33(34)38(26)37(25)32)28-15-7-9-24-8-1-2-10-27(24)28/h1-6,8-14,17-19,21-23H,7,15-16,20H2. The maximum absolute atomic E-state index is 6.76. The lowest BCUT2D eigenvalue weighted by atomic mass is 9.78. The summed E-state index contributed by atoms with van der Waals surface area (Å²) >= 11 is 0. The van der Waals surface area contributed by atoms with E-state index in [1.165, 1.54) is 64.7 Å². The van der Waals surface area contributed by atoms with Crippen LogP contribution in [-0.2, 0) is 6.42 Å². The maximum atomic E-state index is 6.76. The Hall–Kier alpha value is -4.62. The second-order valence-electron chi connectivity index (χ2n) is 11.6. The van der Waals surface area contributed by atoms with Crippen LogP contribution in [0.5, 0.6) is 0 Å². The second-order valence-corrected chi connectivity index (χ2v) is 11.6. The van der Waals surface area contributed by atoms with E-state index in [2.05, 4.69) is 115 Å². The monoisotopic (exact) mass is 518 g/mol. The molecule has 0 fully saturated rings. The summed E-state index contributed by atoms with van der Waals surface area (Å²) in [5.74, 6) is 0. The average molecular weight is 518 g/mol. The van der Waals surface area contributed by atoms with Crippen molar-refractivity contribution in [3.05, 3.63) is 130 Å². The van der Waals surface area contributed by atoms with Crippen LogP contribution in [0.15, 0.2) is 109 Å². The molecule has 0 unspecified atom stereocenters. The molecular weight excluding hydrogens is 491 g/mol. The first-order chi connectivity index (χ1) is 20.3. The fourth-order valence-electron chi connectivity index (χ4n) is 7.83. The van der Waals surface area contributed by atoms with Gasteiger partial charge in [-0.3, -0.25) is 0 Å². The van der Waals surface area contributed by atoms with E-state index in [1.54, 1.807) is 11.1 Å². The van der Waals surface area contributed by atoms with Crippen LogP contribution in [0.2, 0.25) is 0 Å².